The second kappa shape index (κ2) is 5.33. The van der Waals surface area contributed by atoms with Crippen LogP contribution in [-0.2, 0) is 4.79 Å². The molecule has 1 saturated heterocycles. The molecule has 0 aromatic heterocycles. The van der Waals surface area contributed by atoms with Crippen LogP contribution in [0.1, 0.15) is 24.2 Å². The maximum atomic E-state index is 12.5. The zero-order valence-corrected chi connectivity index (χ0v) is 12.3. The van der Waals surface area contributed by atoms with Crippen molar-refractivity contribution >= 4 is 29.1 Å². The van der Waals surface area contributed by atoms with E-state index in [1.165, 1.54) is 23.1 Å². The molecule has 2 amide bonds. The van der Waals surface area contributed by atoms with E-state index in [9.17, 15) is 19.7 Å². The quantitative estimate of drug-likeness (QED) is 0.663. The number of rotatable bonds is 2. The molecule has 0 spiro atoms. The average Bonchev–Trinajstić information content (AvgIpc) is 2.40. The van der Waals surface area contributed by atoms with Gasteiger partial charge in [-0.2, -0.15) is 0 Å². The first-order valence-corrected chi connectivity index (χ1v) is 6.67. The molecule has 1 N–H and O–H groups in total. The lowest BCUT2D eigenvalue weighted by atomic mass is 9.97. The lowest BCUT2D eigenvalue weighted by molar-refractivity contribution is -0.384. The Morgan fingerprint density at radius 1 is 1.48 bits per heavy atom. The van der Waals surface area contributed by atoms with E-state index in [1.807, 2.05) is 0 Å². The van der Waals surface area contributed by atoms with Crippen molar-refractivity contribution in [1.29, 1.82) is 0 Å². The maximum Gasteiger partial charge on any atom is 0.287 e. The standard InChI is InChI=1S/C13H14ClN3O4/c1-13(2)12(19)15-5-6-16(13)11(18)8-3-4-10(17(20)21)9(14)7-8/h3-4,7H,5-6H2,1-2H3,(H,15,19). The van der Waals surface area contributed by atoms with Gasteiger partial charge in [-0.15, -0.1) is 0 Å². The van der Waals surface area contributed by atoms with Crippen LogP contribution in [0, 0.1) is 10.1 Å². The topological polar surface area (TPSA) is 92.6 Å². The van der Waals surface area contributed by atoms with Crippen LogP contribution in [0.25, 0.3) is 0 Å². The first kappa shape index (κ1) is 15.2. The molecular formula is C13H14ClN3O4. The minimum Gasteiger partial charge on any atom is -0.352 e. The molecule has 0 bridgehead atoms. The largest absolute Gasteiger partial charge is 0.352 e. The molecule has 0 radical (unpaired) electrons. The van der Waals surface area contributed by atoms with E-state index in [0.717, 1.165) is 0 Å². The van der Waals surface area contributed by atoms with E-state index in [0.29, 0.717) is 13.1 Å². The fourth-order valence-corrected chi connectivity index (χ4v) is 2.45. The lowest BCUT2D eigenvalue weighted by Crippen LogP contribution is -2.63. The van der Waals surface area contributed by atoms with Gasteiger partial charge in [0, 0.05) is 24.7 Å². The van der Waals surface area contributed by atoms with Crippen LogP contribution in [0.2, 0.25) is 5.02 Å². The van der Waals surface area contributed by atoms with Gasteiger partial charge in [0.25, 0.3) is 11.6 Å². The molecule has 112 valence electrons. The van der Waals surface area contributed by atoms with Crippen molar-refractivity contribution in [2.24, 2.45) is 0 Å². The van der Waals surface area contributed by atoms with Crippen LogP contribution >= 0.6 is 11.6 Å². The van der Waals surface area contributed by atoms with E-state index in [4.69, 9.17) is 11.6 Å². The van der Waals surface area contributed by atoms with Gasteiger partial charge >= 0.3 is 0 Å². The summed E-state index contributed by atoms with van der Waals surface area (Å²) in [6.45, 7) is 4.03. The smallest absolute Gasteiger partial charge is 0.287 e. The Morgan fingerprint density at radius 3 is 2.71 bits per heavy atom. The minimum absolute atomic E-state index is 0.106. The monoisotopic (exact) mass is 311 g/mol. The van der Waals surface area contributed by atoms with Gasteiger partial charge in [-0.05, 0) is 26.0 Å². The number of carbonyl (C=O) groups is 2. The van der Waals surface area contributed by atoms with Crippen LogP contribution in [0.3, 0.4) is 0 Å². The number of halogens is 1. The van der Waals surface area contributed by atoms with Crippen LogP contribution in [0.15, 0.2) is 18.2 Å². The highest BCUT2D eigenvalue weighted by Crippen LogP contribution is 2.27. The fourth-order valence-electron chi connectivity index (χ4n) is 2.20. The summed E-state index contributed by atoms with van der Waals surface area (Å²) in [5.41, 5.74) is -1.03. The van der Waals surface area contributed by atoms with Gasteiger partial charge in [-0.3, -0.25) is 19.7 Å². The highest BCUT2D eigenvalue weighted by molar-refractivity contribution is 6.33. The predicted octanol–water partition coefficient (Wildman–Crippen LogP) is 1.60. The van der Waals surface area contributed by atoms with Gasteiger partial charge < -0.3 is 10.2 Å². The molecule has 21 heavy (non-hydrogen) atoms. The highest BCUT2D eigenvalue weighted by Gasteiger charge is 2.40. The Hall–Kier alpha value is -2.15. The second-order valence-electron chi connectivity index (χ2n) is 5.20. The van der Waals surface area contributed by atoms with E-state index in [2.05, 4.69) is 5.32 Å². The first-order valence-electron chi connectivity index (χ1n) is 6.29. The molecule has 2 rings (SSSR count). The molecule has 8 heteroatoms. The summed E-state index contributed by atoms with van der Waals surface area (Å²) in [7, 11) is 0. The Balaban J connectivity index is 2.34. The van der Waals surface area contributed by atoms with Crippen molar-refractivity contribution in [2.75, 3.05) is 13.1 Å². The van der Waals surface area contributed by atoms with Crippen LogP contribution in [0.4, 0.5) is 5.69 Å². The molecule has 7 nitrogen and oxygen atoms in total. The van der Waals surface area contributed by atoms with Crippen LogP contribution in [0.5, 0.6) is 0 Å². The van der Waals surface area contributed by atoms with Crippen molar-refractivity contribution in [3.63, 3.8) is 0 Å². The van der Waals surface area contributed by atoms with E-state index >= 15 is 0 Å². The first-order chi connectivity index (χ1) is 9.75. The van der Waals surface area contributed by atoms with Gasteiger partial charge in [0.1, 0.15) is 10.6 Å². The molecule has 0 saturated carbocycles. The Labute approximate surface area is 126 Å². The molecule has 1 heterocycles. The van der Waals surface area contributed by atoms with Crippen molar-refractivity contribution in [2.45, 2.75) is 19.4 Å². The van der Waals surface area contributed by atoms with E-state index < -0.39 is 10.5 Å². The number of nitrogens with one attached hydrogen (secondary N) is 1. The van der Waals surface area contributed by atoms with Crippen LogP contribution in [-0.4, -0.2) is 40.3 Å². The Morgan fingerprint density at radius 2 is 2.14 bits per heavy atom. The molecule has 1 aromatic rings. The van der Waals surface area contributed by atoms with Crippen molar-refractivity contribution in [3.8, 4) is 0 Å². The Bertz CT molecular complexity index is 630. The second-order valence-corrected chi connectivity index (χ2v) is 5.60. The number of carbonyl (C=O) groups excluding carboxylic acids is 2. The molecule has 0 unspecified atom stereocenters. The number of piperazine rings is 1. The zero-order valence-electron chi connectivity index (χ0n) is 11.6. The number of hydrogen-bond acceptors (Lipinski definition) is 4. The SMILES string of the molecule is CC1(C)C(=O)NCCN1C(=O)c1ccc([N+](=O)[O-])c(Cl)c1. The molecule has 0 atom stereocenters. The maximum absolute atomic E-state index is 12.5. The summed E-state index contributed by atoms with van der Waals surface area (Å²) in [5.74, 6) is -0.623. The number of nitrogens with zero attached hydrogens (tertiary/aromatic N) is 2. The fraction of sp³-hybridized carbons (Fsp3) is 0.385. The summed E-state index contributed by atoms with van der Waals surface area (Å²) in [5, 5.41) is 13.3. The molecule has 1 aromatic carbocycles. The molecule has 0 aliphatic carbocycles. The van der Waals surface area contributed by atoms with Gasteiger partial charge in [0.2, 0.25) is 5.91 Å². The molecular weight excluding hydrogens is 298 g/mol. The lowest BCUT2D eigenvalue weighted by Gasteiger charge is -2.41. The third-order valence-corrected chi connectivity index (χ3v) is 3.79. The summed E-state index contributed by atoms with van der Waals surface area (Å²) in [4.78, 5) is 35.9. The summed E-state index contributed by atoms with van der Waals surface area (Å²) < 4.78 is 0. The minimum atomic E-state index is -0.983. The predicted molar refractivity (Wildman–Crippen MR) is 76.2 cm³/mol. The van der Waals surface area contributed by atoms with Crippen molar-refractivity contribution in [3.05, 3.63) is 38.9 Å². The van der Waals surface area contributed by atoms with Crippen molar-refractivity contribution < 1.29 is 14.5 Å². The summed E-state index contributed by atoms with van der Waals surface area (Å²) in [6, 6.07) is 3.78. The van der Waals surface area contributed by atoms with Crippen molar-refractivity contribution in [1.82, 2.24) is 10.2 Å². The molecule has 1 fully saturated rings. The highest BCUT2D eigenvalue weighted by atomic mass is 35.5. The number of nitro benzene ring substituents is 1. The Kier molecular flexibility index (Phi) is 3.87. The van der Waals surface area contributed by atoms with Gasteiger partial charge in [-0.1, -0.05) is 11.6 Å². The third kappa shape index (κ3) is 2.69. The van der Waals surface area contributed by atoms with Gasteiger partial charge in [-0.25, -0.2) is 0 Å². The number of hydrogen-bond donors (Lipinski definition) is 1. The summed E-state index contributed by atoms with van der Waals surface area (Å²) >= 11 is 5.82. The number of amides is 2. The normalized spacial score (nSPS) is 17.3. The van der Waals surface area contributed by atoms with Gasteiger partial charge in [0.15, 0.2) is 0 Å². The third-order valence-electron chi connectivity index (χ3n) is 3.49. The molecule has 1 aliphatic heterocycles. The average molecular weight is 312 g/mol. The zero-order chi connectivity index (χ0) is 15.8. The number of benzene rings is 1. The van der Waals surface area contributed by atoms with Gasteiger partial charge in [0.05, 0.1) is 4.92 Å². The van der Waals surface area contributed by atoms with E-state index in [1.54, 1.807) is 13.8 Å². The summed E-state index contributed by atoms with van der Waals surface area (Å²) in [6.07, 6.45) is 0. The van der Waals surface area contributed by atoms with Crippen LogP contribution < -0.4 is 5.32 Å². The van der Waals surface area contributed by atoms with E-state index in [-0.39, 0.29) is 28.1 Å². The molecule has 1 aliphatic rings. The number of nitro groups is 1.